The molecule has 0 radical (unpaired) electrons. The third-order valence-electron chi connectivity index (χ3n) is 5.76. The Hall–Kier alpha value is -4.08. The number of carbonyl (C=O) groups excluding carboxylic acids is 1. The summed E-state index contributed by atoms with van der Waals surface area (Å²) in [5, 5.41) is 14.2. The molecule has 0 saturated heterocycles. The molecule has 0 bridgehead atoms. The van der Waals surface area contributed by atoms with Crippen molar-refractivity contribution in [3.05, 3.63) is 105 Å². The quantitative estimate of drug-likeness (QED) is 0.259. The summed E-state index contributed by atoms with van der Waals surface area (Å²) in [4.78, 5) is 28.7. The van der Waals surface area contributed by atoms with Crippen molar-refractivity contribution in [3.63, 3.8) is 0 Å². The van der Waals surface area contributed by atoms with Crippen molar-refractivity contribution in [2.24, 2.45) is 7.05 Å². The number of fused-ring (bicyclic) bond motifs is 1. The van der Waals surface area contributed by atoms with E-state index in [2.05, 4.69) is 20.9 Å². The zero-order chi connectivity index (χ0) is 24.5. The van der Waals surface area contributed by atoms with Crippen molar-refractivity contribution in [1.29, 1.82) is 0 Å². The molecular formula is C26H20BrN5O3. The van der Waals surface area contributed by atoms with Gasteiger partial charge in [0.2, 0.25) is 0 Å². The predicted molar refractivity (Wildman–Crippen MR) is 136 cm³/mol. The molecule has 0 fully saturated rings. The highest BCUT2D eigenvalue weighted by Gasteiger charge is 2.15. The lowest BCUT2D eigenvalue weighted by Gasteiger charge is -2.09. The van der Waals surface area contributed by atoms with E-state index in [-0.39, 0.29) is 5.56 Å². The van der Waals surface area contributed by atoms with Gasteiger partial charge in [-0.3, -0.25) is 19.5 Å². The van der Waals surface area contributed by atoms with E-state index in [0.717, 1.165) is 32.6 Å². The molecule has 0 aliphatic heterocycles. The van der Waals surface area contributed by atoms with E-state index in [1.54, 1.807) is 24.7 Å². The van der Waals surface area contributed by atoms with Gasteiger partial charge >= 0.3 is 0 Å². The minimum Gasteiger partial charge on any atom is -0.302 e. The Labute approximate surface area is 208 Å². The number of rotatable bonds is 5. The van der Waals surface area contributed by atoms with Gasteiger partial charge in [0.25, 0.3) is 11.5 Å². The maximum atomic E-state index is 12.7. The van der Waals surface area contributed by atoms with E-state index in [9.17, 15) is 9.59 Å². The van der Waals surface area contributed by atoms with E-state index >= 15 is 0 Å². The molecular weight excluding hydrogens is 510 g/mol. The summed E-state index contributed by atoms with van der Waals surface area (Å²) >= 11 is 3.52. The van der Waals surface area contributed by atoms with Crippen LogP contribution in [-0.2, 0) is 13.6 Å². The highest BCUT2D eigenvalue weighted by atomic mass is 79.9. The molecule has 174 valence electrons. The fourth-order valence-corrected chi connectivity index (χ4v) is 4.33. The number of aryl methyl sites for hydroxylation is 1. The number of hydrogen-bond donors (Lipinski definition) is 2. The van der Waals surface area contributed by atoms with Crippen LogP contribution in [-0.4, -0.2) is 30.4 Å². The number of hydroxylamine groups is 1. The van der Waals surface area contributed by atoms with Crippen LogP contribution in [0.1, 0.15) is 15.9 Å². The standard InChI is InChI=1S/C26H20BrN5O3/c1-31-15-28-22-10-9-19(12-21(22)26(31)34)24-13-23(18-3-2-4-20(27)11-18)29-32(24)14-16-5-7-17(8-6-16)25(33)30-35/h2-13,15,35H,14H2,1H3,(H,30,33). The Balaban J connectivity index is 1.62. The van der Waals surface area contributed by atoms with E-state index < -0.39 is 5.91 Å². The van der Waals surface area contributed by atoms with Crippen molar-refractivity contribution >= 4 is 32.7 Å². The monoisotopic (exact) mass is 529 g/mol. The summed E-state index contributed by atoms with van der Waals surface area (Å²) in [6.07, 6.45) is 1.51. The summed E-state index contributed by atoms with van der Waals surface area (Å²) in [6, 6.07) is 22.4. The summed E-state index contributed by atoms with van der Waals surface area (Å²) in [6.45, 7) is 0.438. The van der Waals surface area contributed by atoms with Gasteiger partial charge in [0.15, 0.2) is 0 Å². The van der Waals surface area contributed by atoms with Crippen LogP contribution in [0.2, 0.25) is 0 Å². The van der Waals surface area contributed by atoms with Gasteiger partial charge in [0.05, 0.1) is 35.2 Å². The van der Waals surface area contributed by atoms with Gasteiger partial charge in [-0.05, 0) is 48.0 Å². The van der Waals surface area contributed by atoms with E-state index in [0.29, 0.717) is 23.0 Å². The molecule has 35 heavy (non-hydrogen) atoms. The molecule has 1 amide bonds. The summed E-state index contributed by atoms with van der Waals surface area (Å²) < 4.78 is 4.28. The molecule has 2 N–H and O–H groups in total. The van der Waals surface area contributed by atoms with Gasteiger partial charge in [-0.15, -0.1) is 0 Å². The highest BCUT2D eigenvalue weighted by molar-refractivity contribution is 9.10. The molecule has 0 atom stereocenters. The minimum absolute atomic E-state index is 0.118. The maximum absolute atomic E-state index is 12.7. The lowest BCUT2D eigenvalue weighted by Crippen LogP contribution is -2.18. The normalized spacial score (nSPS) is 11.1. The first-order valence-electron chi connectivity index (χ1n) is 10.8. The molecule has 2 heterocycles. The molecule has 0 aliphatic rings. The first kappa shape index (κ1) is 22.7. The van der Waals surface area contributed by atoms with Crippen LogP contribution in [0.25, 0.3) is 33.4 Å². The Morgan fingerprint density at radius 2 is 1.83 bits per heavy atom. The number of amides is 1. The van der Waals surface area contributed by atoms with Crippen LogP contribution in [0, 0.1) is 0 Å². The van der Waals surface area contributed by atoms with Crippen LogP contribution >= 0.6 is 15.9 Å². The van der Waals surface area contributed by atoms with Crippen LogP contribution < -0.4 is 11.0 Å². The summed E-state index contributed by atoms with van der Waals surface area (Å²) in [5.41, 5.74) is 6.84. The number of carbonyl (C=O) groups is 1. The van der Waals surface area contributed by atoms with Gasteiger partial charge < -0.3 is 4.57 Å². The molecule has 9 heteroatoms. The van der Waals surface area contributed by atoms with Gasteiger partial charge in [-0.25, -0.2) is 10.5 Å². The zero-order valence-electron chi connectivity index (χ0n) is 18.6. The molecule has 0 spiro atoms. The number of benzene rings is 3. The lowest BCUT2D eigenvalue weighted by molar-refractivity contribution is 0.0706. The molecule has 5 aromatic rings. The van der Waals surface area contributed by atoms with E-state index in [1.807, 2.05) is 65.3 Å². The summed E-state index contributed by atoms with van der Waals surface area (Å²) in [7, 11) is 1.68. The second kappa shape index (κ2) is 9.28. The van der Waals surface area contributed by atoms with Crippen molar-refractivity contribution in [2.75, 3.05) is 0 Å². The molecule has 0 saturated carbocycles. The molecule has 0 unspecified atom stereocenters. The summed E-state index contributed by atoms with van der Waals surface area (Å²) in [5.74, 6) is -0.570. The Morgan fingerprint density at radius 3 is 2.57 bits per heavy atom. The second-order valence-corrected chi connectivity index (χ2v) is 9.03. The van der Waals surface area contributed by atoms with Gasteiger partial charge in [0, 0.05) is 28.2 Å². The number of aromatic nitrogens is 4. The third kappa shape index (κ3) is 4.51. The van der Waals surface area contributed by atoms with Crippen LogP contribution in [0.5, 0.6) is 0 Å². The minimum atomic E-state index is -0.570. The largest absolute Gasteiger partial charge is 0.302 e. The molecule has 0 aliphatic carbocycles. The molecule has 5 rings (SSSR count). The van der Waals surface area contributed by atoms with Crippen molar-refractivity contribution in [2.45, 2.75) is 6.54 Å². The Kier molecular flexibility index (Phi) is 6.02. The Bertz CT molecular complexity index is 1620. The van der Waals surface area contributed by atoms with E-state index in [4.69, 9.17) is 10.3 Å². The average molecular weight is 530 g/mol. The third-order valence-corrected chi connectivity index (χ3v) is 6.26. The van der Waals surface area contributed by atoms with Gasteiger partial charge in [-0.2, -0.15) is 5.10 Å². The van der Waals surface area contributed by atoms with Crippen LogP contribution in [0.4, 0.5) is 0 Å². The fraction of sp³-hybridized carbons (Fsp3) is 0.0769. The first-order valence-corrected chi connectivity index (χ1v) is 11.5. The topological polar surface area (TPSA) is 102 Å². The van der Waals surface area contributed by atoms with Crippen LogP contribution in [0.3, 0.4) is 0 Å². The molecule has 3 aromatic carbocycles. The van der Waals surface area contributed by atoms with Crippen molar-refractivity contribution < 1.29 is 10.0 Å². The number of nitrogens with zero attached hydrogens (tertiary/aromatic N) is 4. The second-order valence-electron chi connectivity index (χ2n) is 8.11. The smallest absolute Gasteiger partial charge is 0.274 e. The number of nitrogens with one attached hydrogen (secondary N) is 1. The maximum Gasteiger partial charge on any atom is 0.274 e. The van der Waals surface area contributed by atoms with Gasteiger partial charge in [0.1, 0.15) is 0 Å². The molecule has 8 nitrogen and oxygen atoms in total. The van der Waals surface area contributed by atoms with Crippen molar-refractivity contribution in [3.8, 4) is 22.5 Å². The Morgan fingerprint density at radius 1 is 1.03 bits per heavy atom. The molecule has 2 aromatic heterocycles. The number of hydrogen-bond acceptors (Lipinski definition) is 5. The lowest BCUT2D eigenvalue weighted by atomic mass is 10.1. The number of halogens is 1. The van der Waals surface area contributed by atoms with Crippen LogP contribution in [0.15, 0.2) is 88.4 Å². The predicted octanol–water partition coefficient (Wildman–Crippen LogP) is 4.39. The highest BCUT2D eigenvalue weighted by Crippen LogP contribution is 2.29. The van der Waals surface area contributed by atoms with Crippen molar-refractivity contribution in [1.82, 2.24) is 24.8 Å². The average Bonchev–Trinajstić information content (AvgIpc) is 3.30. The first-order chi connectivity index (χ1) is 16.9. The fourth-order valence-electron chi connectivity index (χ4n) is 3.93. The van der Waals surface area contributed by atoms with E-state index in [1.165, 1.54) is 10.9 Å². The zero-order valence-corrected chi connectivity index (χ0v) is 20.2. The SMILES string of the molecule is Cn1cnc2ccc(-c3cc(-c4cccc(Br)c4)nn3Cc3ccc(C(=O)NO)cc3)cc2c1=O. The van der Waals surface area contributed by atoms with Gasteiger partial charge in [-0.1, -0.05) is 46.3 Å².